The summed E-state index contributed by atoms with van der Waals surface area (Å²) in [7, 11) is 0. The molecule has 0 saturated carbocycles. The van der Waals surface area contributed by atoms with E-state index >= 15 is 0 Å². The minimum absolute atomic E-state index is 0.223. The quantitative estimate of drug-likeness (QED) is 0.848. The third-order valence-corrected chi connectivity index (χ3v) is 4.24. The lowest BCUT2D eigenvalue weighted by Gasteiger charge is -2.34. The summed E-state index contributed by atoms with van der Waals surface area (Å²) in [5.41, 5.74) is 1.56. The molecule has 0 aromatic carbocycles. The second-order valence-electron chi connectivity index (χ2n) is 6.30. The molecular formula is C17H23FN4O. The van der Waals surface area contributed by atoms with Gasteiger partial charge in [0.05, 0.1) is 11.4 Å². The van der Waals surface area contributed by atoms with Gasteiger partial charge in [-0.3, -0.25) is 14.8 Å². The highest BCUT2D eigenvalue weighted by molar-refractivity contribution is 5.11. The zero-order chi connectivity index (χ0) is 16.2. The van der Waals surface area contributed by atoms with E-state index in [-0.39, 0.29) is 5.82 Å². The summed E-state index contributed by atoms with van der Waals surface area (Å²) in [4.78, 5) is 13.1. The monoisotopic (exact) mass is 318 g/mol. The van der Waals surface area contributed by atoms with E-state index in [1.807, 2.05) is 0 Å². The predicted octanol–water partition coefficient (Wildman–Crippen LogP) is 2.65. The summed E-state index contributed by atoms with van der Waals surface area (Å²) in [6, 6.07) is 3.09. The van der Waals surface area contributed by atoms with Gasteiger partial charge < -0.3 is 4.42 Å². The standard InChI is InChI=1S/C17H23FN4O/c1-13(2)17-16(20-12-23-17)11-22-8-6-21(7-9-22)10-15-14(18)4-3-5-19-15/h3-5,12-13H,6-11H2,1-2H3. The zero-order valence-corrected chi connectivity index (χ0v) is 13.7. The van der Waals surface area contributed by atoms with Crippen molar-refractivity contribution < 1.29 is 8.81 Å². The SMILES string of the molecule is CC(C)c1ocnc1CN1CCN(Cc2ncccc2F)CC1. The molecule has 5 nitrogen and oxygen atoms in total. The van der Waals surface area contributed by atoms with Gasteiger partial charge in [-0.1, -0.05) is 13.8 Å². The van der Waals surface area contributed by atoms with Crippen LogP contribution in [0.25, 0.3) is 0 Å². The number of aromatic nitrogens is 2. The molecule has 0 bridgehead atoms. The van der Waals surface area contributed by atoms with Gasteiger partial charge in [-0.15, -0.1) is 0 Å². The molecule has 6 heteroatoms. The van der Waals surface area contributed by atoms with Crippen LogP contribution in [0.3, 0.4) is 0 Å². The molecule has 2 aromatic heterocycles. The lowest BCUT2D eigenvalue weighted by atomic mass is 10.1. The van der Waals surface area contributed by atoms with Crippen molar-refractivity contribution in [1.29, 1.82) is 0 Å². The maximum atomic E-state index is 13.7. The number of piperazine rings is 1. The van der Waals surface area contributed by atoms with Crippen molar-refractivity contribution in [3.63, 3.8) is 0 Å². The molecule has 2 aromatic rings. The van der Waals surface area contributed by atoms with Crippen LogP contribution in [0.4, 0.5) is 4.39 Å². The fourth-order valence-electron chi connectivity index (χ4n) is 2.93. The van der Waals surface area contributed by atoms with Crippen LogP contribution in [0, 0.1) is 5.82 Å². The molecule has 0 spiro atoms. The van der Waals surface area contributed by atoms with E-state index in [4.69, 9.17) is 4.42 Å². The van der Waals surface area contributed by atoms with Crippen molar-refractivity contribution >= 4 is 0 Å². The zero-order valence-electron chi connectivity index (χ0n) is 13.7. The summed E-state index contributed by atoms with van der Waals surface area (Å²) in [5, 5.41) is 0. The van der Waals surface area contributed by atoms with E-state index in [1.54, 1.807) is 12.3 Å². The van der Waals surface area contributed by atoms with Gasteiger partial charge in [-0.25, -0.2) is 9.37 Å². The van der Waals surface area contributed by atoms with Crippen LogP contribution in [-0.4, -0.2) is 45.9 Å². The molecule has 0 atom stereocenters. The van der Waals surface area contributed by atoms with Gasteiger partial charge in [-0.2, -0.15) is 0 Å². The summed E-state index contributed by atoms with van der Waals surface area (Å²) < 4.78 is 19.2. The van der Waals surface area contributed by atoms with Gasteiger partial charge in [0.1, 0.15) is 11.6 Å². The lowest BCUT2D eigenvalue weighted by molar-refractivity contribution is 0.118. The van der Waals surface area contributed by atoms with Gasteiger partial charge in [0.2, 0.25) is 0 Å². The third kappa shape index (κ3) is 3.95. The first-order valence-corrected chi connectivity index (χ1v) is 8.10. The van der Waals surface area contributed by atoms with Gasteiger partial charge in [0.25, 0.3) is 0 Å². The van der Waals surface area contributed by atoms with Crippen molar-refractivity contribution in [3.05, 3.63) is 47.7 Å². The number of rotatable bonds is 5. The predicted molar refractivity (Wildman–Crippen MR) is 85.3 cm³/mol. The normalized spacial score (nSPS) is 17.0. The van der Waals surface area contributed by atoms with Gasteiger partial charge in [0.15, 0.2) is 6.39 Å². The van der Waals surface area contributed by atoms with Crippen LogP contribution in [0.5, 0.6) is 0 Å². The number of hydrogen-bond acceptors (Lipinski definition) is 5. The van der Waals surface area contributed by atoms with Gasteiger partial charge in [-0.05, 0) is 12.1 Å². The molecular weight excluding hydrogens is 295 g/mol. The molecule has 0 aliphatic carbocycles. The first-order chi connectivity index (χ1) is 11.1. The molecule has 0 amide bonds. The van der Waals surface area contributed by atoms with Crippen LogP contribution in [0.2, 0.25) is 0 Å². The highest BCUT2D eigenvalue weighted by atomic mass is 19.1. The average molecular weight is 318 g/mol. The summed E-state index contributed by atoms with van der Waals surface area (Å²) >= 11 is 0. The summed E-state index contributed by atoms with van der Waals surface area (Å²) in [6.45, 7) is 9.32. The molecule has 23 heavy (non-hydrogen) atoms. The van der Waals surface area contributed by atoms with Crippen molar-refractivity contribution in [1.82, 2.24) is 19.8 Å². The number of hydrogen-bond donors (Lipinski definition) is 0. The fraction of sp³-hybridized carbons (Fsp3) is 0.529. The van der Waals surface area contributed by atoms with E-state index in [1.165, 1.54) is 12.5 Å². The van der Waals surface area contributed by atoms with E-state index in [0.717, 1.165) is 44.2 Å². The number of oxazole rings is 1. The number of nitrogens with zero attached hydrogens (tertiary/aromatic N) is 4. The van der Waals surface area contributed by atoms with Crippen LogP contribution >= 0.6 is 0 Å². The fourth-order valence-corrected chi connectivity index (χ4v) is 2.93. The Morgan fingerprint density at radius 2 is 1.74 bits per heavy atom. The Labute approximate surface area is 136 Å². The van der Waals surface area contributed by atoms with Crippen molar-refractivity contribution in [2.45, 2.75) is 32.9 Å². The maximum absolute atomic E-state index is 13.7. The Morgan fingerprint density at radius 1 is 1.09 bits per heavy atom. The highest BCUT2D eigenvalue weighted by Gasteiger charge is 2.21. The second-order valence-corrected chi connectivity index (χ2v) is 6.30. The minimum atomic E-state index is -0.223. The largest absolute Gasteiger partial charge is 0.448 e. The van der Waals surface area contributed by atoms with Gasteiger partial charge in [0, 0.05) is 51.4 Å². The molecule has 1 aliphatic rings. The van der Waals surface area contributed by atoms with E-state index < -0.39 is 0 Å². The molecule has 3 rings (SSSR count). The van der Waals surface area contributed by atoms with E-state index in [9.17, 15) is 4.39 Å². The molecule has 1 aliphatic heterocycles. The highest BCUT2D eigenvalue weighted by Crippen LogP contribution is 2.20. The number of halogens is 1. The summed E-state index contributed by atoms with van der Waals surface area (Å²) in [6.07, 6.45) is 3.18. The van der Waals surface area contributed by atoms with E-state index in [0.29, 0.717) is 18.2 Å². The van der Waals surface area contributed by atoms with Gasteiger partial charge >= 0.3 is 0 Å². The Kier molecular flexibility index (Phi) is 5.03. The molecule has 0 radical (unpaired) electrons. The second kappa shape index (κ2) is 7.19. The van der Waals surface area contributed by atoms with Crippen LogP contribution in [0.15, 0.2) is 29.1 Å². The first-order valence-electron chi connectivity index (χ1n) is 8.10. The lowest BCUT2D eigenvalue weighted by Crippen LogP contribution is -2.45. The molecule has 1 fully saturated rings. The van der Waals surface area contributed by atoms with Crippen molar-refractivity contribution in [2.75, 3.05) is 26.2 Å². The smallest absolute Gasteiger partial charge is 0.181 e. The number of pyridine rings is 1. The van der Waals surface area contributed by atoms with Crippen molar-refractivity contribution in [2.24, 2.45) is 0 Å². The molecule has 124 valence electrons. The Morgan fingerprint density at radius 3 is 2.35 bits per heavy atom. The minimum Gasteiger partial charge on any atom is -0.448 e. The van der Waals surface area contributed by atoms with Crippen LogP contribution in [-0.2, 0) is 13.1 Å². The molecule has 0 N–H and O–H groups in total. The Hall–Kier alpha value is -1.79. The van der Waals surface area contributed by atoms with Crippen LogP contribution in [0.1, 0.15) is 36.9 Å². The first kappa shape index (κ1) is 16.1. The summed E-state index contributed by atoms with van der Waals surface area (Å²) in [5.74, 6) is 1.10. The topological polar surface area (TPSA) is 45.4 Å². The molecule has 1 saturated heterocycles. The van der Waals surface area contributed by atoms with E-state index in [2.05, 4.69) is 33.6 Å². The van der Waals surface area contributed by atoms with Crippen LogP contribution < -0.4 is 0 Å². The Bertz CT molecular complexity index is 635. The Balaban J connectivity index is 1.52. The molecule has 3 heterocycles. The average Bonchev–Trinajstić information content (AvgIpc) is 3.00. The molecule has 0 unspecified atom stereocenters. The maximum Gasteiger partial charge on any atom is 0.181 e. The van der Waals surface area contributed by atoms with Crippen molar-refractivity contribution in [3.8, 4) is 0 Å². The third-order valence-electron chi connectivity index (χ3n) is 4.24.